The number of primary amides is 1. The maximum Gasteiger partial charge on any atom is 0.307 e. The van der Waals surface area contributed by atoms with Crippen LogP contribution in [-0.4, -0.2) is 63.9 Å². The van der Waals surface area contributed by atoms with Gasteiger partial charge in [-0.1, -0.05) is 39.5 Å². The maximum absolute atomic E-state index is 13.4. The van der Waals surface area contributed by atoms with E-state index in [9.17, 15) is 39.0 Å². The Morgan fingerprint density at radius 3 is 1.84 bits per heavy atom. The Kier molecular flexibility index (Phi) is 11.3. The van der Waals surface area contributed by atoms with Gasteiger partial charge >= 0.3 is 11.9 Å². The standard InChI is InChI=1S/C25H40N4O8/c1-13(2)11-17(21(26)32)27-23(34)18(12-19(30)31)28-24(35)20(14-7-3-4-8-14)29-22(33)15-9-5-6-10-16(15)25(36)37/h13-18,20H,3-12H2,1-2H3,(H2,26,32)(H,27,34)(H,28,35)(H,29,33)(H,30,31)(H,36,37)/t15-,16-,17+,18+,20+/m1/s1. The molecule has 7 N–H and O–H groups in total. The van der Waals surface area contributed by atoms with Gasteiger partial charge in [-0.2, -0.15) is 0 Å². The first-order valence-corrected chi connectivity index (χ1v) is 13.1. The topological polar surface area (TPSA) is 205 Å². The second-order valence-electron chi connectivity index (χ2n) is 10.6. The van der Waals surface area contributed by atoms with Crippen molar-refractivity contribution < 1.29 is 39.0 Å². The fourth-order valence-electron chi connectivity index (χ4n) is 5.32. The molecule has 2 saturated carbocycles. The minimum atomic E-state index is -1.50. The van der Waals surface area contributed by atoms with Gasteiger partial charge in [-0.15, -0.1) is 0 Å². The van der Waals surface area contributed by atoms with Crippen molar-refractivity contribution in [2.45, 2.75) is 96.2 Å². The number of nitrogens with two attached hydrogens (primary N) is 1. The van der Waals surface area contributed by atoms with E-state index in [1.54, 1.807) is 0 Å². The fraction of sp³-hybridized carbons (Fsp3) is 0.760. The highest BCUT2D eigenvalue weighted by molar-refractivity contribution is 5.96. The van der Waals surface area contributed by atoms with Gasteiger partial charge < -0.3 is 31.9 Å². The molecular weight excluding hydrogens is 484 g/mol. The molecule has 37 heavy (non-hydrogen) atoms. The van der Waals surface area contributed by atoms with E-state index in [1.165, 1.54) is 0 Å². The van der Waals surface area contributed by atoms with Gasteiger partial charge in [0.25, 0.3) is 0 Å². The summed E-state index contributed by atoms with van der Waals surface area (Å²) in [5.74, 6) is -7.10. The quantitative estimate of drug-likeness (QED) is 0.200. The lowest BCUT2D eigenvalue weighted by Gasteiger charge is -2.31. The van der Waals surface area contributed by atoms with Crippen LogP contribution in [0.2, 0.25) is 0 Å². The van der Waals surface area contributed by atoms with E-state index in [0.717, 1.165) is 12.8 Å². The molecule has 5 atom stereocenters. The van der Waals surface area contributed by atoms with E-state index in [4.69, 9.17) is 5.73 Å². The average Bonchev–Trinajstić information content (AvgIpc) is 3.35. The average molecular weight is 525 g/mol. The van der Waals surface area contributed by atoms with E-state index in [1.807, 2.05) is 13.8 Å². The van der Waals surface area contributed by atoms with E-state index in [-0.39, 0.29) is 18.3 Å². The second-order valence-corrected chi connectivity index (χ2v) is 10.6. The molecule has 0 heterocycles. The lowest BCUT2D eigenvalue weighted by atomic mass is 9.78. The summed E-state index contributed by atoms with van der Waals surface area (Å²) in [6, 6.07) is -3.58. The number of amides is 4. The molecule has 0 radical (unpaired) electrons. The summed E-state index contributed by atoms with van der Waals surface area (Å²) in [7, 11) is 0. The fourth-order valence-corrected chi connectivity index (χ4v) is 5.32. The normalized spacial score (nSPS) is 22.5. The van der Waals surface area contributed by atoms with Crippen molar-refractivity contribution >= 4 is 35.6 Å². The zero-order chi connectivity index (χ0) is 27.7. The monoisotopic (exact) mass is 524 g/mol. The number of nitrogens with one attached hydrogen (secondary N) is 3. The van der Waals surface area contributed by atoms with Crippen molar-refractivity contribution in [3.05, 3.63) is 0 Å². The van der Waals surface area contributed by atoms with Gasteiger partial charge in [0.1, 0.15) is 18.1 Å². The van der Waals surface area contributed by atoms with Crippen LogP contribution in [0.3, 0.4) is 0 Å². The third-order valence-corrected chi connectivity index (χ3v) is 7.25. The Bertz CT molecular complexity index is 871. The van der Waals surface area contributed by atoms with Crippen molar-refractivity contribution in [3.8, 4) is 0 Å². The summed E-state index contributed by atoms with van der Waals surface area (Å²) < 4.78 is 0. The molecule has 12 heteroatoms. The highest BCUT2D eigenvalue weighted by atomic mass is 16.4. The highest BCUT2D eigenvalue weighted by Gasteiger charge is 2.40. The Balaban J connectivity index is 2.20. The highest BCUT2D eigenvalue weighted by Crippen LogP contribution is 2.32. The van der Waals surface area contributed by atoms with Crippen LogP contribution < -0.4 is 21.7 Å². The van der Waals surface area contributed by atoms with Crippen molar-refractivity contribution in [2.24, 2.45) is 29.4 Å². The molecule has 0 bridgehead atoms. The second kappa shape index (κ2) is 13.9. The maximum atomic E-state index is 13.4. The third-order valence-electron chi connectivity index (χ3n) is 7.25. The van der Waals surface area contributed by atoms with Crippen LogP contribution in [0.1, 0.15) is 78.1 Å². The van der Waals surface area contributed by atoms with Crippen molar-refractivity contribution in [3.63, 3.8) is 0 Å². The molecule has 4 amide bonds. The van der Waals surface area contributed by atoms with Gasteiger partial charge in [-0.25, -0.2) is 0 Å². The van der Waals surface area contributed by atoms with Crippen LogP contribution in [0.15, 0.2) is 0 Å². The summed E-state index contributed by atoms with van der Waals surface area (Å²) in [6.45, 7) is 3.66. The molecular formula is C25H40N4O8. The van der Waals surface area contributed by atoms with Crippen LogP contribution >= 0.6 is 0 Å². The Hall–Kier alpha value is -3.18. The zero-order valence-corrected chi connectivity index (χ0v) is 21.5. The SMILES string of the molecule is CC(C)C[C@H](NC(=O)[C@H](CC(=O)O)NC(=O)[C@@H](NC(=O)[C@@H]1CCCC[C@H]1C(=O)O)C1CCCC1)C(N)=O. The lowest BCUT2D eigenvalue weighted by Crippen LogP contribution is -2.59. The number of hydrogen-bond acceptors (Lipinski definition) is 6. The molecule has 0 aliphatic heterocycles. The minimum absolute atomic E-state index is 0.0155. The molecule has 0 spiro atoms. The lowest BCUT2D eigenvalue weighted by molar-refractivity contribution is -0.149. The zero-order valence-electron chi connectivity index (χ0n) is 21.5. The Morgan fingerprint density at radius 2 is 1.32 bits per heavy atom. The molecule has 12 nitrogen and oxygen atoms in total. The molecule has 2 fully saturated rings. The van der Waals surface area contributed by atoms with E-state index >= 15 is 0 Å². The van der Waals surface area contributed by atoms with Gasteiger partial charge in [0.2, 0.25) is 23.6 Å². The molecule has 0 aromatic carbocycles. The predicted molar refractivity (Wildman–Crippen MR) is 132 cm³/mol. The van der Waals surface area contributed by atoms with Crippen LogP contribution in [0.5, 0.6) is 0 Å². The summed E-state index contributed by atoms with van der Waals surface area (Å²) in [6.07, 6.45) is 4.70. The van der Waals surface area contributed by atoms with Crippen molar-refractivity contribution in [1.29, 1.82) is 0 Å². The van der Waals surface area contributed by atoms with Crippen LogP contribution in [-0.2, 0) is 28.8 Å². The number of aliphatic carboxylic acids is 2. The smallest absolute Gasteiger partial charge is 0.307 e. The van der Waals surface area contributed by atoms with E-state index in [0.29, 0.717) is 38.5 Å². The first-order valence-electron chi connectivity index (χ1n) is 13.1. The Labute approximate surface area is 216 Å². The van der Waals surface area contributed by atoms with Gasteiger partial charge in [-0.05, 0) is 43.9 Å². The number of hydrogen-bond donors (Lipinski definition) is 6. The molecule has 0 saturated heterocycles. The minimum Gasteiger partial charge on any atom is -0.481 e. The number of carbonyl (C=O) groups is 6. The third kappa shape index (κ3) is 9.01. The van der Waals surface area contributed by atoms with Crippen molar-refractivity contribution in [1.82, 2.24) is 16.0 Å². The number of carbonyl (C=O) groups excluding carboxylic acids is 4. The van der Waals surface area contributed by atoms with E-state index in [2.05, 4.69) is 16.0 Å². The summed E-state index contributed by atoms with van der Waals surface area (Å²) in [5, 5.41) is 26.5. The summed E-state index contributed by atoms with van der Waals surface area (Å²) in [5.41, 5.74) is 5.38. The van der Waals surface area contributed by atoms with Gasteiger partial charge in [0, 0.05) is 0 Å². The predicted octanol–water partition coefficient (Wildman–Crippen LogP) is 0.528. The first-order chi connectivity index (χ1) is 17.4. The van der Waals surface area contributed by atoms with Crippen molar-refractivity contribution in [2.75, 3.05) is 0 Å². The largest absolute Gasteiger partial charge is 0.481 e. The molecule has 208 valence electrons. The molecule has 2 rings (SSSR count). The van der Waals surface area contributed by atoms with E-state index < -0.39 is 71.9 Å². The number of carboxylic acids is 2. The van der Waals surface area contributed by atoms with Gasteiger partial charge in [0.05, 0.1) is 18.3 Å². The molecule has 0 aromatic heterocycles. The molecule has 0 aromatic rings. The van der Waals surface area contributed by atoms with Gasteiger partial charge in [-0.3, -0.25) is 28.8 Å². The number of carboxylic acid groups (broad SMARTS) is 2. The van der Waals surface area contributed by atoms with Crippen LogP contribution in [0.25, 0.3) is 0 Å². The van der Waals surface area contributed by atoms with Crippen LogP contribution in [0.4, 0.5) is 0 Å². The molecule has 2 aliphatic rings. The van der Waals surface area contributed by atoms with Crippen LogP contribution in [0, 0.1) is 23.7 Å². The van der Waals surface area contributed by atoms with Gasteiger partial charge in [0.15, 0.2) is 0 Å². The summed E-state index contributed by atoms with van der Waals surface area (Å²) in [4.78, 5) is 74.3. The molecule has 2 aliphatic carbocycles. The summed E-state index contributed by atoms with van der Waals surface area (Å²) >= 11 is 0. The Morgan fingerprint density at radius 1 is 0.784 bits per heavy atom. The number of rotatable bonds is 13. The first kappa shape index (κ1) is 30.0. The molecule has 0 unspecified atom stereocenters.